The average Bonchev–Trinajstić information content (AvgIpc) is 2.27. The van der Waals surface area contributed by atoms with Crippen LogP contribution in [0.4, 0.5) is 0 Å². The zero-order valence-corrected chi connectivity index (χ0v) is 13.0. The number of nitrogens with zero attached hydrogens (tertiary/aromatic N) is 1. The van der Waals surface area contributed by atoms with Crippen molar-refractivity contribution in [2.75, 3.05) is 0 Å². The van der Waals surface area contributed by atoms with Gasteiger partial charge in [-0.3, -0.25) is 9.59 Å². The van der Waals surface area contributed by atoms with Gasteiger partial charge in [0.15, 0.2) is 0 Å². The van der Waals surface area contributed by atoms with Crippen LogP contribution >= 0.6 is 15.9 Å². The highest BCUT2D eigenvalue weighted by Crippen LogP contribution is 2.07. The number of rotatable bonds is 3. The minimum atomic E-state index is -0.614. The molecule has 0 aromatic carbocycles. The predicted molar refractivity (Wildman–Crippen MR) is 76.8 cm³/mol. The SMILES string of the molecule is CC(NC(=O)c1ccc(Br)cn1)C(=O)NC(C)(C)C. The Labute approximate surface area is 121 Å². The molecule has 0 aliphatic rings. The van der Waals surface area contributed by atoms with Crippen molar-refractivity contribution in [2.24, 2.45) is 0 Å². The topological polar surface area (TPSA) is 71.1 Å². The number of amides is 2. The summed E-state index contributed by atoms with van der Waals surface area (Å²) in [4.78, 5) is 27.7. The van der Waals surface area contributed by atoms with Gasteiger partial charge in [-0.1, -0.05) is 0 Å². The molecule has 2 amide bonds. The molecule has 0 fully saturated rings. The Morgan fingerprint density at radius 2 is 1.95 bits per heavy atom. The quantitative estimate of drug-likeness (QED) is 0.890. The van der Waals surface area contributed by atoms with Crippen molar-refractivity contribution in [1.29, 1.82) is 0 Å². The second-order valence-corrected chi connectivity index (χ2v) is 6.21. The Hall–Kier alpha value is -1.43. The first-order valence-corrected chi connectivity index (χ1v) is 6.73. The lowest BCUT2D eigenvalue weighted by Crippen LogP contribution is -2.50. The van der Waals surface area contributed by atoms with Gasteiger partial charge in [0.05, 0.1) is 0 Å². The lowest BCUT2D eigenvalue weighted by atomic mass is 10.1. The van der Waals surface area contributed by atoms with Crippen LogP contribution < -0.4 is 10.6 Å². The van der Waals surface area contributed by atoms with Crippen LogP contribution in [0.5, 0.6) is 0 Å². The van der Waals surface area contributed by atoms with Crippen molar-refractivity contribution < 1.29 is 9.59 Å². The average molecular weight is 328 g/mol. The molecule has 19 heavy (non-hydrogen) atoms. The smallest absolute Gasteiger partial charge is 0.270 e. The molecule has 1 rings (SSSR count). The van der Waals surface area contributed by atoms with Crippen LogP contribution in [0.15, 0.2) is 22.8 Å². The molecule has 0 saturated carbocycles. The lowest BCUT2D eigenvalue weighted by molar-refractivity contribution is -0.124. The number of aromatic nitrogens is 1. The second kappa shape index (κ2) is 6.14. The summed E-state index contributed by atoms with van der Waals surface area (Å²) in [5.74, 6) is -0.595. The summed E-state index contributed by atoms with van der Waals surface area (Å²) in [6, 6.07) is 2.70. The maximum absolute atomic E-state index is 11.9. The van der Waals surface area contributed by atoms with E-state index >= 15 is 0 Å². The lowest BCUT2D eigenvalue weighted by Gasteiger charge is -2.23. The third-order valence-corrected chi connectivity index (χ3v) is 2.67. The van der Waals surface area contributed by atoms with E-state index in [0.717, 1.165) is 4.47 Å². The van der Waals surface area contributed by atoms with Crippen molar-refractivity contribution in [3.8, 4) is 0 Å². The van der Waals surface area contributed by atoms with E-state index in [9.17, 15) is 9.59 Å². The van der Waals surface area contributed by atoms with Crippen LogP contribution in [0.3, 0.4) is 0 Å². The summed E-state index contributed by atoms with van der Waals surface area (Å²) >= 11 is 3.24. The first-order chi connectivity index (χ1) is 8.69. The van der Waals surface area contributed by atoms with Gasteiger partial charge in [-0.25, -0.2) is 4.98 Å². The molecular formula is C13H18BrN3O2. The van der Waals surface area contributed by atoms with Gasteiger partial charge in [-0.2, -0.15) is 0 Å². The second-order valence-electron chi connectivity index (χ2n) is 5.30. The fourth-order valence-corrected chi connectivity index (χ4v) is 1.56. The molecule has 0 bridgehead atoms. The Morgan fingerprint density at radius 1 is 1.32 bits per heavy atom. The van der Waals surface area contributed by atoms with E-state index in [1.165, 1.54) is 6.20 Å². The largest absolute Gasteiger partial charge is 0.350 e. The van der Waals surface area contributed by atoms with Crippen molar-refractivity contribution >= 4 is 27.7 Å². The summed E-state index contributed by atoms with van der Waals surface area (Å²) in [6.07, 6.45) is 1.54. The van der Waals surface area contributed by atoms with Crippen molar-refractivity contribution in [3.63, 3.8) is 0 Å². The third kappa shape index (κ3) is 5.38. The van der Waals surface area contributed by atoms with E-state index in [1.54, 1.807) is 19.1 Å². The summed E-state index contributed by atoms with van der Waals surface area (Å²) in [6.45, 7) is 7.29. The molecule has 0 saturated heterocycles. The van der Waals surface area contributed by atoms with Gasteiger partial charge in [0.2, 0.25) is 5.91 Å². The highest BCUT2D eigenvalue weighted by atomic mass is 79.9. The molecule has 6 heteroatoms. The predicted octanol–water partition coefficient (Wildman–Crippen LogP) is 1.88. The van der Waals surface area contributed by atoms with Gasteiger partial charge in [0.25, 0.3) is 5.91 Å². The van der Waals surface area contributed by atoms with Crippen LogP contribution in [-0.2, 0) is 4.79 Å². The molecule has 0 radical (unpaired) electrons. The molecule has 1 atom stereocenters. The molecule has 1 aromatic heterocycles. The van der Waals surface area contributed by atoms with Crippen LogP contribution in [-0.4, -0.2) is 28.4 Å². The molecule has 1 aromatic rings. The van der Waals surface area contributed by atoms with Gasteiger partial charge >= 0.3 is 0 Å². The van der Waals surface area contributed by atoms with E-state index in [-0.39, 0.29) is 23.0 Å². The van der Waals surface area contributed by atoms with Crippen LogP contribution in [0.2, 0.25) is 0 Å². The van der Waals surface area contributed by atoms with Gasteiger partial charge in [-0.15, -0.1) is 0 Å². The van der Waals surface area contributed by atoms with Gasteiger partial charge in [-0.05, 0) is 55.8 Å². The standard InChI is InChI=1S/C13H18BrN3O2/c1-8(11(18)17-13(2,3)4)16-12(19)10-6-5-9(14)7-15-10/h5-8H,1-4H3,(H,16,19)(H,17,18). The summed E-state index contributed by atoms with van der Waals surface area (Å²) in [7, 11) is 0. The van der Waals surface area contributed by atoms with E-state index in [4.69, 9.17) is 0 Å². The van der Waals surface area contributed by atoms with Crippen molar-refractivity contribution in [3.05, 3.63) is 28.5 Å². The Balaban J connectivity index is 2.61. The van der Waals surface area contributed by atoms with Gasteiger partial charge in [0.1, 0.15) is 11.7 Å². The molecule has 0 spiro atoms. The van der Waals surface area contributed by atoms with E-state index in [1.807, 2.05) is 20.8 Å². The summed E-state index contributed by atoms with van der Waals surface area (Å²) in [5, 5.41) is 5.41. The maximum Gasteiger partial charge on any atom is 0.270 e. The minimum absolute atomic E-state index is 0.224. The minimum Gasteiger partial charge on any atom is -0.350 e. The number of hydrogen-bond acceptors (Lipinski definition) is 3. The number of carbonyl (C=O) groups is 2. The highest BCUT2D eigenvalue weighted by Gasteiger charge is 2.21. The number of nitrogens with one attached hydrogen (secondary N) is 2. The number of hydrogen-bond donors (Lipinski definition) is 2. The molecule has 1 heterocycles. The van der Waals surface area contributed by atoms with Crippen LogP contribution in [0, 0.1) is 0 Å². The highest BCUT2D eigenvalue weighted by molar-refractivity contribution is 9.10. The number of pyridine rings is 1. The maximum atomic E-state index is 11.9. The van der Waals surface area contributed by atoms with E-state index in [0.29, 0.717) is 0 Å². The first kappa shape index (κ1) is 15.6. The van der Waals surface area contributed by atoms with Crippen molar-refractivity contribution in [2.45, 2.75) is 39.3 Å². The zero-order valence-electron chi connectivity index (χ0n) is 11.5. The van der Waals surface area contributed by atoms with Crippen LogP contribution in [0.1, 0.15) is 38.2 Å². The normalized spacial score (nSPS) is 12.7. The first-order valence-electron chi connectivity index (χ1n) is 5.93. The van der Waals surface area contributed by atoms with Gasteiger partial charge < -0.3 is 10.6 Å². The Kier molecular flexibility index (Phi) is 5.05. The number of halogens is 1. The Bertz CT molecular complexity index is 466. The molecule has 104 valence electrons. The monoisotopic (exact) mass is 327 g/mol. The molecule has 5 nitrogen and oxygen atoms in total. The van der Waals surface area contributed by atoms with Crippen LogP contribution in [0.25, 0.3) is 0 Å². The fourth-order valence-electron chi connectivity index (χ4n) is 1.32. The third-order valence-electron chi connectivity index (χ3n) is 2.20. The molecule has 0 aliphatic carbocycles. The van der Waals surface area contributed by atoms with Crippen molar-refractivity contribution in [1.82, 2.24) is 15.6 Å². The number of carbonyl (C=O) groups excluding carboxylic acids is 2. The summed E-state index contributed by atoms with van der Waals surface area (Å²) in [5.41, 5.74) is -0.0510. The summed E-state index contributed by atoms with van der Waals surface area (Å²) < 4.78 is 0.794. The van der Waals surface area contributed by atoms with E-state index in [2.05, 4.69) is 31.5 Å². The molecule has 2 N–H and O–H groups in total. The molecule has 0 aliphatic heterocycles. The zero-order chi connectivity index (χ0) is 14.6. The molecule has 1 unspecified atom stereocenters. The Morgan fingerprint density at radius 3 is 2.42 bits per heavy atom. The van der Waals surface area contributed by atoms with Gasteiger partial charge in [0, 0.05) is 16.2 Å². The molecular weight excluding hydrogens is 310 g/mol. The van der Waals surface area contributed by atoms with E-state index < -0.39 is 6.04 Å². The fraction of sp³-hybridized carbons (Fsp3) is 0.462.